The minimum atomic E-state index is 0.148. The quantitative estimate of drug-likeness (QED) is 0.297. The van der Waals surface area contributed by atoms with Crippen molar-refractivity contribution in [2.45, 2.75) is 52.6 Å². The van der Waals surface area contributed by atoms with Gasteiger partial charge in [-0.15, -0.1) is 0 Å². The Morgan fingerprint density at radius 3 is 1.33 bits per heavy atom. The van der Waals surface area contributed by atoms with Crippen molar-refractivity contribution in [2.75, 3.05) is 103 Å². The van der Waals surface area contributed by atoms with Crippen molar-refractivity contribution >= 4 is 17.2 Å². The fraction of sp³-hybridized carbons (Fsp3) is 0.629. The summed E-state index contributed by atoms with van der Waals surface area (Å²) in [5, 5.41) is 0. The first kappa shape index (κ1) is 32.5. The summed E-state index contributed by atoms with van der Waals surface area (Å²) in [5.41, 5.74) is 6.38. The summed E-state index contributed by atoms with van der Waals surface area (Å²) < 4.78 is 0. The van der Waals surface area contributed by atoms with Gasteiger partial charge in [0.1, 0.15) is 0 Å². The third-order valence-electron chi connectivity index (χ3n) is 8.69. The van der Waals surface area contributed by atoms with E-state index in [1.165, 1.54) is 49.9 Å². The molecule has 7 nitrogen and oxygen atoms in total. The average Bonchev–Trinajstić information content (AvgIpc) is 2.98. The van der Waals surface area contributed by atoms with Gasteiger partial charge in [-0.1, -0.05) is 38.8 Å². The number of piperazine rings is 2. The number of hydrogen-bond donors (Lipinski definition) is 0. The standard InChI is InChI=1S/C35H56N6O/c1-7-9-15-38-17-21-40(22-18-38)33-25-29(27-36(3)4)11-13-31(33)35(42)32-14-12-30(28-37(5)6)26-34(32)41-23-19-39(20-24-41)16-10-8-2/h11-14,25-26H,7-10,15-24,27-28H2,1-6H3. The molecule has 0 radical (unpaired) electrons. The van der Waals surface area contributed by atoms with Gasteiger partial charge in [0, 0.05) is 87.9 Å². The number of carbonyl (C=O) groups excluding carboxylic acids is 1. The van der Waals surface area contributed by atoms with Gasteiger partial charge in [-0.3, -0.25) is 14.6 Å². The molecule has 0 aliphatic carbocycles. The molecule has 2 aliphatic rings. The Labute approximate surface area is 256 Å². The van der Waals surface area contributed by atoms with E-state index in [-0.39, 0.29) is 5.78 Å². The van der Waals surface area contributed by atoms with Crippen molar-refractivity contribution in [3.63, 3.8) is 0 Å². The second-order valence-corrected chi connectivity index (χ2v) is 12.9. The minimum Gasteiger partial charge on any atom is -0.368 e. The van der Waals surface area contributed by atoms with Gasteiger partial charge >= 0.3 is 0 Å². The number of carbonyl (C=O) groups is 1. The minimum absolute atomic E-state index is 0.148. The van der Waals surface area contributed by atoms with Crippen LogP contribution >= 0.6 is 0 Å². The molecule has 4 rings (SSSR count). The summed E-state index contributed by atoms with van der Waals surface area (Å²) in [6, 6.07) is 13.1. The first-order chi connectivity index (χ1) is 20.3. The van der Waals surface area contributed by atoms with E-state index >= 15 is 0 Å². The van der Waals surface area contributed by atoms with E-state index in [2.05, 4.69) is 108 Å². The lowest BCUT2D eigenvalue weighted by atomic mass is 9.95. The van der Waals surface area contributed by atoms with Gasteiger partial charge < -0.3 is 19.6 Å². The van der Waals surface area contributed by atoms with Crippen molar-refractivity contribution < 1.29 is 4.79 Å². The maximum absolute atomic E-state index is 14.6. The molecule has 232 valence electrons. The van der Waals surface area contributed by atoms with Crippen LogP contribution in [0.3, 0.4) is 0 Å². The summed E-state index contributed by atoms with van der Waals surface area (Å²) in [4.78, 5) is 29.0. The fourth-order valence-corrected chi connectivity index (χ4v) is 6.32. The van der Waals surface area contributed by atoms with Crippen molar-refractivity contribution in [2.24, 2.45) is 0 Å². The molecule has 0 N–H and O–H groups in total. The van der Waals surface area contributed by atoms with E-state index < -0.39 is 0 Å². The van der Waals surface area contributed by atoms with E-state index in [9.17, 15) is 4.79 Å². The predicted molar refractivity (Wildman–Crippen MR) is 178 cm³/mol. The van der Waals surface area contributed by atoms with Crippen LogP contribution in [0.2, 0.25) is 0 Å². The highest BCUT2D eigenvalue weighted by Crippen LogP contribution is 2.32. The Morgan fingerprint density at radius 2 is 1.00 bits per heavy atom. The molecule has 0 amide bonds. The molecular formula is C35H56N6O. The molecule has 0 bridgehead atoms. The summed E-state index contributed by atoms with van der Waals surface area (Å²) in [5.74, 6) is 0.148. The number of anilines is 2. The first-order valence-corrected chi connectivity index (χ1v) is 16.3. The highest BCUT2D eigenvalue weighted by molar-refractivity contribution is 6.15. The number of rotatable bonds is 14. The van der Waals surface area contributed by atoms with Crippen LogP contribution in [0.5, 0.6) is 0 Å². The van der Waals surface area contributed by atoms with E-state index in [1.807, 2.05) is 0 Å². The molecule has 2 aliphatic heterocycles. The molecule has 2 aromatic rings. The molecule has 2 aromatic carbocycles. The lowest BCUT2D eigenvalue weighted by Gasteiger charge is -2.38. The largest absolute Gasteiger partial charge is 0.368 e. The van der Waals surface area contributed by atoms with Crippen LogP contribution in [0, 0.1) is 0 Å². The first-order valence-electron chi connectivity index (χ1n) is 16.3. The Morgan fingerprint density at radius 1 is 0.619 bits per heavy atom. The monoisotopic (exact) mass is 576 g/mol. The number of benzene rings is 2. The molecule has 0 saturated carbocycles. The van der Waals surface area contributed by atoms with E-state index in [1.54, 1.807) is 0 Å². The molecule has 7 heteroatoms. The van der Waals surface area contributed by atoms with Crippen LogP contribution in [-0.2, 0) is 13.1 Å². The summed E-state index contributed by atoms with van der Waals surface area (Å²) >= 11 is 0. The lowest BCUT2D eigenvalue weighted by molar-refractivity contribution is 0.103. The maximum atomic E-state index is 14.6. The van der Waals surface area contributed by atoms with Crippen LogP contribution in [0.1, 0.15) is 66.6 Å². The van der Waals surface area contributed by atoms with Crippen LogP contribution in [0.25, 0.3) is 0 Å². The number of unbranched alkanes of at least 4 members (excludes halogenated alkanes) is 2. The maximum Gasteiger partial charge on any atom is 0.197 e. The molecule has 2 fully saturated rings. The third kappa shape index (κ3) is 8.79. The summed E-state index contributed by atoms with van der Waals surface area (Å²) in [7, 11) is 8.42. The van der Waals surface area contributed by atoms with Crippen molar-refractivity contribution in [1.29, 1.82) is 0 Å². The van der Waals surface area contributed by atoms with Crippen molar-refractivity contribution in [3.05, 3.63) is 58.7 Å². The molecule has 2 heterocycles. The molecule has 0 spiro atoms. The second kappa shape index (κ2) is 15.9. The zero-order chi connectivity index (χ0) is 30.1. The van der Waals surface area contributed by atoms with Crippen LogP contribution in [0.4, 0.5) is 11.4 Å². The van der Waals surface area contributed by atoms with Gasteiger partial charge in [-0.05, 0) is 89.5 Å². The van der Waals surface area contributed by atoms with E-state index in [0.717, 1.165) is 87.9 Å². The van der Waals surface area contributed by atoms with Crippen LogP contribution in [-0.4, -0.2) is 119 Å². The van der Waals surface area contributed by atoms with Gasteiger partial charge in [0.15, 0.2) is 5.78 Å². The predicted octanol–water partition coefficient (Wildman–Crippen LogP) is 4.89. The second-order valence-electron chi connectivity index (χ2n) is 12.9. The highest BCUT2D eigenvalue weighted by atomic mass is 16.1. The lowest BCUT2D eigenvalue weighted by Crippen LogP contribution is -2.47. The van der Waals surface area contributed by atoms with Gasteiger partial charge in [-0.25, -0.2) is 0 Å². The van der Waals surface area contributed by atoms with Crippen LogP contribution in [0.15, 0.2) is 36.4 Å². The Kier molecular flexibility index (Phi) is 12.3. The average molecular weight is 577 g/mol. The number of nitrogens with zero attached hydrogens (tertiary/aromatic N) is 6. The molecular weight excluding hydrogens is 520 g/mol. The molecule has 0 aromatic heterocycles. The van der Waals surface area contributed by atoms with Gasteiger partial charge in [-0.2, -0.15) is 0 Å². The zero-order valence-corrected chi connectivity index (χ0v) is 27.4. The van der Waals surface area contributed by atoms with E-state index in [0.29, 0.717) is 0 Å². The molecule has 2 saturated heterocycles. The Hall–Kier alpha value is -2.45. The van der Waals surface area contributed by atoms with Crippen molar-refractivity contribution in [1.82, 2.24) is 19.6 Å². The summed E-state index contributed by atoms with van der Waals surface area (Å²) in [6.45, 7) is 16.7. The molecule has 42 heavy (non-hydrogen) atoms. The third-order valence-corrected chi connectivity index (χ3v) is 8.69. The van der Waals surface area contributed by atoms with Gasteiger partial charge in [0.05, 0.1) is 0 Å². The van der Waals surface area contributed by atoms with Crippen molar-refractivity contribution in [3.8, 4) is 0 Å². The van der Waals surface area contributed by atoms with Gasteiger partial charge in [0.25, 0.3) is 0 Å². The van der Waals surface area contributed by atoms with Crippen LogP contribution < -0.4 is 9.80 Å². The Bertz CT molecular complexity index is 1040. The number of ketones is 1. The normalized spacial score (nSPS) is 17.0. The molecule has 0 unspecified atom stereocenters. The smallest absolute Gasteiger partial charge is 0.197 e. The topological polar surface area (TPSA) is 36.5 Å². The Balaban J connectivity index is 1.65. The highest BCUT2D eigenvalue weighted by Gasteiger charge is 2.27. The molecule has 0 atom stereocenters. The van der Waals surface area contributed by atoms with Gasteiger partial charge in [0.2, 0.25) is 0 Å². The van der Waals surface area contributed by atoms with E-state index in [4.69, 9.17) is 0 Å². The zero-order valence-electron chi connectivity index (χ0n) is 27.4. The fourth-order valence-electron chi connectivity index (χ4n) is 6.32. The SMILES string of the molecule is CCCCN1CCN(c2cc(CN(C)C)ccc2C(=O)c2ccc(CN(C)C)cc2N2CCN(CCCC)CC2)CC1. The number of hydrogen-bond acceptors (Lipinski definition) is 7. The summed E-state index contributed by atoms with van der Waals surface area (Å²) in [6.07, 6.45) is 4.97.